The van der Waals surface area contributed by atoms with E-state index in [1.165, 1.54) is 0 Å². The molecule has 2 heterocycles. The van der Waals surface area contributed by atoms with Crippen molar-refractivity contribution in [1.82, 2.24) is 5.32 Å². The van der Waals surface area contributed by atoms with Crippen molar-refractivity contribution < 1.29 is 19.0 Å². The second-order valence-corrected chi connectivity index (χ2v) is 9.25. The summed E-state index contributed by atoms with van der Waals surface area (Å²) in [5.41, 5.74) is 2.70. The first-order chi connectivity index (χ1) is 17.0. The maximum absolute atomic E-state index is 12.6. The topological polar surface area (TPSA) is 84.1 Å². The van der Waals surface area contributed by atoms with E-state index in [2.05, 4.69) is 16.0 Å². The minimum Gasteiger partial charge on any atom is -0.441 e. The monoisotopic (exact) mass is 492 g/mol. The molecule has 2 saturated heterocycles. The maximum Gasteiger partial charge on any atom is 0.412 e. The number of nitrogens with one attached hydrogen (secondary N) is 3. The van der Waals surface area contributed by atoms with Crippen LogP contribution >= 0.6 is 12.2 Å². The molecule has 3 N–H and O–H groups in total. The van der Waals surface area contributed by atoms with Crippen LogP contribution in [0.25, 0.3) is 10.8 Å². The summed E-state index contributed by atoms with van der Waals surface area (Å²) in [6, 6.07) is 21.5. The number of nitrogens with zero attached hydrogens (tertiary/aromatic N) is 1. The molecule has 0 spiro atoms. The molecule has 5 rings (SSSR count). The van der Waals surface area contributed by atoms with Crippen LogP contribution in [0.3, 0.4) is 0 Å². The molecule has 4 atom stereocenters. The lowest BCUT2D eigenvalue weighted by atomic mass is 10.1. The van der Waals surface area contributed by atoms with Crippen LogP contribution in [0.1, 0.15) is 0 Å². The number of fused-ring (bicyclic) bond motifs is 2. The Balaban J connectivity index is 1.14. The Morgan fingerprint density at radius 3 is 2.49 bits per heavy atom. The molecule has 2 aliphatic rings. The van der Waals surface area contributed by atoms with Crippen molar-refractivity contribution in [3.63, 3.8) is 0 Å². The molecule has 0 saturated carbocycles. The fourth-order valence-electron chi connectivity index (χ4n) is 4.48. The molecule has 9 heteroatoms. The molecule has 0 aliphatic carbocycles. The van der Waals surface area contributed by atoms with E-state index in [9.17, 15) is 4.79 Å². The first kappa shape index (κ1) is 23.3. The number of hydrogen-bond donors (Lipinski definition) is 3. The van der Waals surface area contributed by atoms with Gasteiger partial charge in [0.1, 0.15) is 12.2 Å². The summed E-state index contributed by atoms with van der Waals surface area (Å²) >= 11 is 5.49. The summed E-state index contributed by atoms with van der Waals surface area (Å²) in [7, 11) is 3.99. The Bertz CT molecular complexity index is 1210. The van der Waals surface area contributed by atoms with Crippen molar-refractivity contribution in [2.24, 2.45) is 0 Å². The normalized spacial score (nSPS) is 22.9. The van der Waals surface area contributed by atoms with Crippen molar-refractivity contribution in [2.75, 3.05) is 42.8 Å². The smallest absolute Gasteiger partial charge is 0.412 e. The zero-order valence-corrected chi connectivity index (χ0v) is 20.4. The van der Waals surface area contributed by atoms with E-state index in [-0.39, 0.29) is 24.9 Å². The number of carbonyl (C=O) groups excluding carboxylic acids is 1. The third-order valence-electron chi connectivity index (χ3n) is 6.25. The summed E-state index contributed by atoms with van der Waals surface area (Å²) in [6.07, 6.45) is -1.65. The van der Waals surface area contributed by atoms with Gasteiger partial charge < -0.3 is 29.7 Å². The van der Waals surface area contributed by atoms with E-state index in [1.807, 2.05) is 85.7 Å². The van der Waals surface area contributed by atoms with Gasteiger partial charge in [-0.05, 0) is 47.9 Å². The van der Waals surface area contributed by atoms with Crippen molar-refractivity contribution in [2.45, 2.75) is 24.4 Å². The van der Waals surface area contributed by atoms with Gasteiger partial charge in [0, 0.05) is 30.9 Å². The first-order valence-corrected chi connectivity index (χ1v) is 11.9. The molecule has 3 aromatic carbocycles. The van der Waals surface area contributed by atoms with Gasteiger partial charge in [-0.1, -0.05) is 36.4 Å². The zero-order chi connectivity index (χ0) is 24.4. The van der Waals surface area contributed by atoms with Gasteiger partial charge in [-0.3, -0.25) is 5.32 Å². The van der Waals surface area contributed by atoms with Gasteiger partial charge in [0.05, 0.1) is 24.9 Å². The molecule has 0 unspecified atom stereocenters. The average molecular weight is 493 g/mol. The van der Waals surface area contributed by atoms with Crippen LogP contribution < -0.4 is 20.9 Å². The Morgan fingerprint density at radius 2 is 1.69 bits per heavy atom. The molecule has 0 bridgehead atoms. The Kier molecular flexibility index (Phi) is 6.72. The SMILES string of the molecule is CN(C)c1ccc(NC(=S)N[C@H]2CO[C@H]3[C@@H]2OC[C@H]3OC(=O)Nc2cccc3ccccc23)cc1. The second-order valence-electron chi connectivity index (χ2n) is 8.84. The van der Waals surface area contributed by atoms with Crippen LogP contribution in [0.4, 0.5) is 21.9 Å². The van der Waals surface area contributed by atoms with Crippen molar-refractivity contribution in [3.05, 3.63) is 66.7 Å². The highest BCUT2D eigenvalue weighted by Gasteiger charge is 2.49. The number of hydrogen-bond acceptors (Lipinski definition) is 6. The Labute approximate surface area is 209 Å². The molecular weight excluding hydrogens is 464 g/mol. The van der Waals surface area contributed by atoms with Gasteiger partial charge in [0.25, 0.3) is 0 Å². The van der Waals surface area contributed by atoms with Crippen molar-refractivity contribution in [3.8, 4) is 0 Å². The fourth-order valence-corrected chi connectivity index (χ4v) is 4.75. The third kappa shape index (κ3) is 5.17. The van der Waals surface area contributed by atoms with Crippen LogP contribution in [0.2, 0.25) is 0 Å². The lowest BCUT2D eigenvalue weighted by Crippen LogP contribution is -2.46. The minimum absolute atomic E-state index is 0.143. The Hall–Kier alpha value is -3.40. The number of thiocarbonyl (C=S) groups is 1. The van der Waals surface area contributed by atoms with E-state index in [0.29, 0.717) is 17.4 Å². The molecule has 3 aromatic rings. The lowest BCUT2D eigenvalue weighted by molar-refractivity contribution is 0.00881. The largest absolute Gasteiger partial charge is 0.441 e. The molecule has 1 amide bonds. The van der Waals surface area contributed by atoms with Crippen molar-refractivity contribution >= 4 is 51.3 Å². The molecule has 2 aliphatic heterocycles. The van der Waals surface area contributed by atoms with E-state index in [4.69, 9.17) is 26.4 Å². The summed E-state index contributed by atoms with van der Waals surface area (Å²) in [6.45, 7) is 0.671. The van der Waals surface area contributed by atoms with E-state index >= 15 is 0 Å². The number of amides is 1. The van der Waals surface area contributed by atoms with Crippen LogP contribution in [-0.2, 0) is 14.2 Å². The minimum atomic E-state index is -0.533. The molecule has 2 fully saturated rings. The molecule has 0 aromatic heterocycles. The van der Waals surface area contributed by atoms with Gasteiger partial charge >= 0.3 is 6.09 Å². The summed E-state index contributed by atoms with van der Waals surface area (Å²) in [4.78, 5) is 14.7. The highest BCUT2D eigenvalue weighted by Crippen LogP contribution is 2.30. The fraction of sp³-hybridized carbons (Fsp3) is 0.308. The number of anilines is 3. The molecule has 8 nitrogen and oxygen atoms in total. The van der Waals surface area contributed by atoms with Crippen LogP contribution in [-0.4, -0.2) is 62.9 Å². The van der Waals surface area contributed by atoms with Crippen LogP contribution in [0.15, 0.2) is 66.7 Å². The predicted molar refractivity (Wildman–Crippen MR) is 141 cm³/mol. The third-order valence-corrected chi connectivity index (χ3v) is 6.47. The molecule has 0 radical (unpaired) electrons. The summed E-state index contributed by atoms with van der Waals surface area (Å²) in [5.74, 6) is 0. The van der Waals surface area contributed by atoms with Crippen LogP contribution in [0, 0.1) is 0 Å². The van der Waals surface area contributed by atoms with Gasteiger partial charge in [0.2, 0.25) is 0 Å². The second kappa shape index (κ2) is 10.1. The Morgan fingerprint density at radius 1 is 0.943 bits per heavy atom. The number of carbonyl (C=O) groups is 1. The van der Waals surface area contributed by atoms with Gasteiger partial charge in [-0.2, -0.15) is 0 Å². The molecule has 182 valence electrons. The number of rotatable bonds is 5. The summed E-state index contributed by atoms with van der Waals surface area (Å²) < 4.78 is 17.5. The first-order valence-electron chi connectivity index (χ1n) is 11.5. The van der Waals surface area contributed by atoms with Gasteiger partial charge in [0.15, 0.2) is 11.2 Å². The number of benzene rings is 3. The zero-order valence-electron chi connectivity index (χ0n) is 19.6. The van der Waals surface area contributed by atoms with Gasteiger partial charge in [-0.15, -0.1) is 0 Å². The van der Waals surface area contributed by atoms with E-state index < -0.39 is 12.2 Å². The van der Waals surface area contributed by atoms with E-state index in [1.54, 1.807) is 0 Å². The highest BCUT2D eigenvalue weighted by molar-refractivity contribution is 7.80. The van der Waals surface area contributed by atoms with Gasteiger partial charge in [-0.25, -0.2) is 4.79 Å². The van der Waals surface area contributed by atoms with Crippen molar-refractivity contribution in [1.29, 1.82) is 0 Å². The molecule has 35 heavy (non-hydrogen) atoms. The number of ether oxygens (including phenoxy) is 3. The van der Waals surface area contributed by atoms with E-state index in [0.717, 1.165) is 22.1 Å². The average Bonchev–Trinajstić information content (AvgIpc) is 3.43. The lowest BCUT2D eigenvalue weighted by Gasteiger charge is -2.20. The maximum atomic E-state index is 12.6. The molecular formula is C26H28N4O4S. The highest BCUT2D eigenvalue weighted by atomic mass is 32.1. The summed E-state index contributed by atoms with van der Waals surface area (Å²) in [5, 5.41) is 11.8. The predicted octanol–water partition coefficient (Wildman–Crippen LogP) is 3.98. The quantitative estimate of drug-likeness (QED) is 0.462. The standard InChI is InChI=1S/C26H28N4O4S/c1-30(2)18-12-10-17(11-13-18)27-25(35)28-21-14-32-24-22(15-33-23(21)24)34-26(31)29-20-9-5-7-16-6-3-4-8-19(16)20/h3-13,21-24H,14-15H2,1-2H3,(H,29,31)(H2,27,28,35)/t21-,22+,23+,24+/m0/s1. The van der Waals surface area contributed by atoms with Crippen LogP contribution in [0.5, 0.6) is 0 Å².